The van der Waals surface area contributed by atoms with Crippen LogP contribution in [-0.4, -0.2) is 23.6 Å². The molecule has 2 N–H and O–H groups in total. The molecule has 0 bridgehead atoms. The number of hydrogen-bond acceptors (Lipinski definition) is 3. The van der Waals surface area contributed by atoms with Gasteiger partial charge in [-0.3, -0.25) is 4.79 Å². The van der Waals surface area contributed by atoms with Gasteiger partial charge < -0.3 is 15.2 Å². The van der Waals surface area contributed by atoms with Gasteiger partial charge in [0.05, 0.1) is 5.02 Å². The van der Waals surface area contributed by atoms with Gasteiger partial charge in [0.1, 0.15) is 5.75 Å². The van der Waals surface area contributed by atoms with E-state index in [9.17, 15) is 9.59 Å². The van der Waals surface area contributed by atoms with Crippen molar-refractivity contribution in [3.8, 4) is 5.75 Å². The molecular formula is C14H18ClNO4. The molecular weight excluding hydrogens is 282 g/mol. The fourth-order valence-electron chi connectivity index (χ4n) is 1.52. The number of carbonyl (C=O) groups is 2. The number of carboxylic acid groups (broad SMARTS) is 1. The number of ether oxygens (including phenoxy) is 1. The number of anilines is 1. The Labute approximate surface area is 122 Å². The van der Waals surface area contributed by atoms with Crippen molar-refractivity contribution in [2.24, 2.45) is 5.41 Å². The summed E-state index contributed by atoms with van der Waals surface area (Å²) in [5, 5.41) is 11.5. The third-order valence-electron chi connectivity index (χ3n) is 2.26. The van der Waals surface area contributed by atoms with E-state index in [0.717, 1.165) is 0 Å². The third-order valence-corrected chi connectivity index (χ3v) is 2.55. The number of hydrogen-bond donors (Lipinski definition) is 2. The predicted molar refractivity (Wildman–Crippen MR) is 77.3 cm³/mol. The first-order valence-electron chi connectivity index (χ1n) is 6.11. The van der Waals surface area contributed by atoms with Crippen LogP contribution in [0.15, 0.2) is 18.2 Å². The summed E-state index contributed by atoms with van der Waals surface area (Å²) in [6, 6.07) is 4.67. The average Bonchev–Trinajstić information content (AvgIpc) is 2.24. The Morgan fingerprint density at radius 1 is 1.35 bits per heavy atom. The van der Waals surface area contributed by atoms with Crippen molar-refractivity contribution in [1.82, 2.24) is 0 Å². The lowest BCUT2D eigenvalue weighted by Crippen LogP contribution is -2.19. The minimum absolute atomic E-state index is 0.0988. The van der Waals surface area contributed by atoms with Crippen molar-refractivity contribution >= 4 is 29.2 Å². The number of nitrogens with one attached hydrogen (secondary N) is 1. The predicted octanol–water partition coefficient (Wildman–Crippen LogP) is 3.18. The SMILES string of the molecule is CC(C)(C)CC(=O)Nc1ccc(OCC(=O)O)c(Cl)c1. The molecule has 0 radical (unpaired) electrons. The molecule has 1 aromatic rings. The van der Waals surface area contributed by atoms with E-state index in [4.69, 9.17) is 21.4 Å². The van der Waals surface area contributed by atoms with E-state index < -0.39 is 12.6 Å². The van der Waals surface area contributed by atoms with Crippen LogP contribution in [0.5, 0.6) is 5.75 Å². The van der Waals surface area contributed by atoms with Gasteiger partial charge in [0.15, 0.2) is 6.61 Å². The molecule has 0 atom stereocenters. The highest BCUT2D eigenvalue weighted by Crippen LogP contribution is 2.28. The van der Waals surface area contributed by atoms with E-state index in [0.29, 0.717) is 12.1 Å². The second kappa shape index (κ2) is 6.61. The first-order valence-corrected chi connectivity index (χ1v) is 6.49. The zero-order valence-electron chi connectivity index (χ0n) is 11.7. The van der Waals surface area contributed by atoms with E-state index in [2.05, 4.69) is 5.32 Å². The third kappa shape index (κ3) is 5.93. The average molecular weight is 300 g/mol. The Kier molecular flexibility index (Phi) is 5.39. The molecule has 1 aromatic carbocycles. The Morgan fingerprint density at radius 3 is 2.50 bits per heavy atom. The van der Waals surface area contributed by atoms with Gasteiger partial charge in [0.25, 0.3) is 0 Å². The zero-order chi connectivity index (χ0) is 15.3. The van der Waals surface area contributed by atoms with E-state index >= 15 is 0 Å². The molecule has 0 aliphatic carbocycles. The summed E-state index contributed by atoms with van der Waals surface area (Å²) in [7, 11) is 0. The van der Waals surface area contributed by atoms with Crippen molar-refractivity contribution in [2.45, 2.75) is 27.2 Å². The van der Waals surface area contributed by atoms with Crippen molar-refractivity contribution in [3.63, 3.8) is 0 Å². The van der Waals surface area contributed by atoms with Crippen LogP contribution >= 0.6 is 11.6 Å². The maximum Gasteiger partial charge on any atom is 0.341 e. The highest BCUT2D eigenvalue weighted by molar-refractivity contribution is 6.32. The number of halogens is 1. The number of benzene rings is 1. The maximum atomic E-state index is 11.8. The number of aliphatic carboxylic acids is 1. The molecule has 20 heavy (non-hydrogen) atoms. The van der Waals surface area contributed by atoms with Gasteiger partial charge in [-0.2, -0.15) is 0 Å². The lowest BCUT2D eigenvalue weighted by atomic mass is 9.92. The van der Waals surface area contributed by atoms with Crippen molar-refractivity contribution < 1.29 is 19.4 Å². The Bertz CT molecular complexity index is 508. The highest BCUT2D eigenvalue weighted by Gasteiger charge is 2.16. The van der Waals surface area contributed by atoms with Gasteiger partial charge in [-0.25, -0.2) is 4.79 Å². The Balaban J connectivity index is 2.67. The molecule has 1 rings (SSSR count). The monoisotopic (exact) mass is 299 g/mol. The molecule has 0 aromatic heterocycles. The Morgan fingerprint density at radius 2 is 2.00 bits per heavy atom. The van der Waals surface area contributed by atoms with Crippen LogP contribution in [0.2, 0.25) is 5.02 Å². The van der Waals surface area contributed by atoms with Crippen LogP contribution in [0.1, 0.15) is 27.2 Å². The van der Waals surface area contributed by atoms with Crippen molar-refractivity contribution in [1.29, 1.82) is 0 Å². The second-order valence-corrected chi connectivity index (χ2v) is 6.02. The number of carbonyl (C=O) groups excluding carboxylic acids is 1. The molecule has 0 aliphatic rings. The number of rotatable bonds is 5. The summed E-state index contributed by atoms with van der Waals surface area (Å²) in [6.45, 7) is 5.46. The lowest BCUT2D eigenvalue weighted by Gasteiger charge is -2.17. The van der Waals surface area contributed by atoms with Gasteiger partial charge in [-0.15, -0.1) is 0 Å². The van der Waals surface area contributed by atoms with Gasteiger partial charge in [-0.1, -0.05) is 32.4 Å². The van der Waals surface area contributed by atoms with Crippen molar-refractivity contribution in [2.75, 3.05) is 11.9 Å². The molecule has 110 valence electrons. The van der Waals surface area contributed by atoms with Crippen LogP contribution in [-0.2, 0) is 9.59 Å². The minimum atomic E-state index is -1.08. The summed E-state index contributed by atoms with van der Waals surface area (Å²) in [6.07, 6.45) is 0.391. The van der Waals surface area contributed by atoms with Crippen LogP contribution < -0.4 is 10.1 Å². The van der Waals surface area contributed by atoms with Gasteiger partial charge in [0, 0.05) is 12.1 Å². The molecule has 0 aliphatic heterocycles. The van der Waals surface area contributed by atoms with E-state index in [1.807, 2.05) is 20.8 Å². The van der Waals surface area contributed by atoms with Crippen LogP contribution in [0.4, 0.5) is 5.69 Å². The second-order valence-electron chi connectivity index (χ2n) is 5.61. The molecule has 0 heterocycles. The largest absolute Gasteiger partial charge is 0.480 e. The van der Waals surface area contributed by atoms with E-state index in [1.54, 1.807) is 6.07 Å². The fraction of sp³-hybridized carbons (Fsp3) is 0.429. The molecule has 0 spiro atoms. The fourth-order valence-corrected chi connectivity index (χ4v) is 1.76. The van der Waals surface area contributed by atoms with E-state index in [-0.39, 0.29) is 22.1 Å². The standard InChI is InChI=1S/C14H18ClNO4/c1-14(2,3)7-12(17)16-9-4-5-11(10(15)6-9)20-8-13(18)19/h4-6H,7-8H2,1-3H3,(H,16,17)(H,18,19). The number of amides is 1. The quantitative estimate of drug-likeness (QED) is 0.875. The summed E-state index contributed by atoms with van der Waals surface area (Å²) < 4.78 is 4.99. The summed E-state index contributed by atoms with van der Waals surface area (Å²) >= 11 is 5.96. The maximum absolute atomic E-state index is 11.8. The van der Waals surface area contributed by atoms with Crippen LogP contribution in [0.3, 0.4) is 0 Å². The molecule has 0 fully saturated rings. The summed E-state index contributed by atoms with van der Waals surface area (Å²) in [4.78, 5) is 22.2. The highest BCUT2D eigenvalue weighted by atomic mass is 35.5. The molecule has 5 nitrogen and oxygen atoms in total. The smallest absolute Gasteiger partial charge is 0.341 e. The summed E-state index contributed by atoms with van der Waals surface area (Å²) in [5.74, 6) is -0.917. The normalized spacial score (nSPS) is 11.0. The molecule has 0 saturated carbocycles. The Hall–Kier alpha value is -1.75. The van der Waals surface area contributed by atoms with Crippen LogP contribution in [0, 0.1) is 5.41 Å². The first kappa shape index (κ1) is 16.3. The molecule has 0 saturated heterocycles. The van der Waals surface area contributed by atoms with Gasteiger partial charge >= 0.3 is 5.97 Å². The molecule has 0 unspecified atom stereocenters. The summed E-state index contributed by atoms with van der Waals surface area (Å²) in [5.41, 5.74) is 0.449. The van der Waals surface area contributed by atoms with Crippen molar-refractivity contribution in [3.05, 3.63) is 23.2 Å². The topological polar surface area (TPSA) is 75.6 Å². The van der Waals surface area contributed by atoms with Gasteiger partial charge in [-0.05, 0) is 23.6 Å². The van der Waals surface area contributed by atoms with E-state index in [1.165, 1.54) is 12.1 Å². The van der Waals surface area contributed by atoms with Crippen LogP contribution in [0.25, 0.3) is 0 Å². The first-order chi connectivity index (χ1) is 9.17. The minimum Gasteiger partial charge on any atom is -0.480 e. The van der Waals surface area contributed by atoms with Gasteiger partial charge in [0.2, 0.25) is 5.91 Å². The lowest BCUT2D eigenvalue weighted by molar-refractivity contribution is -0.139. The molecule has 1 amide bonds. The molecule has 6 heteroatoms. The number of carboxylic acids is 1. The zero-order valence-corrected chi connectivity index (χ0v) is 12.5.